The third kappa shape index (κ3) is 9.20. The molecule has 0 bridgehead atoms. The number of nitrogens with zero attached hydrogens (tertiary/aromatic N) is 2. The average Bonchev–Trinajstić information content (AvgIpc) is 3.25. The van der Waals surface area contributed by atoms with Gasteiger partial charge in [-0.15, -0.1) is 11.3 Å². The van der Waals surface area contributed by atoms with Crippen molar-refractivity contribution in [2.24, 2.45) is 0 Å². The van der Waals surface area contributed by atoms with Gasteiger partial charge in [-0.05, 0) is 63.4 Å². The molecule has 0 aliphatic heterocycles. The molecular formula is C19H28F2N2OS2. The fourth-order valence-electron chi connectivity index (χ4n) is 1.51. The van der Waals surface area contributed by atoms with Gasteiger partial charge in [-0.2, -0.15) is 0 Å². The molecular weight excluding hydrogens is 374 g/mol. The van der Waals surface area contributed by atoms with E-state index in [1.165, 1.54) is 21.6 Å². The molecule has 0 aliphatic carbocycles. The second kappa shape index (κ2) is 13.6. The molecule has 0 saturated carbocycles. The fraction of sp³-hybridized carbons (Fsp3) is 0.421. The zero-order valence-corrected chi connectivity index (χ0v) is 18.1. The number of aryl methyl sites for hydroxylation is 1. The maximum atomic E-state index is 11.3. The molecule has 2 aromatic heterocycles. The first kappa shape index (κ1) is 24.4. The summed E-state index contributed by atoms with van der Waals surface area (Å²) in [6.45, 7) is 10.6. The van der Waals surface area contributed by atoms with E-state index in [2.05, 4.69) is 37.2 Å². The fourth-order valence-corrected chi connectivity index (χ4v) is 3.61. The maximum absolute atomic E-state index is 11.3. The highest BCUT2D eigenvalue weighted by Gasteiger charge is 2.10. The number of rotatable bonds is 5. The summed E-state index contributed by atoms with van der Waals surface area (Å²) >= 11 is 3.45. The smallest absolute Gasteiger partial charge is 0.182 e. The molecule has 26 heavy (non-hydrogen) atoms. The molecule has 3 nitrogen and oxygen atoms in total. The Morgan fingerprint density at radius 2 is 2.00 bits per heavy atom. The van der Waals surface area contributed by atoms with E-state index in [1.807, 2.05) is 38.2 Å². The van der Waals surface area contributed by atoms with Gasteiger partial charge in [0.2, 0.25) is 0 Å². The number of aromatic nitrogens is 1. The molecule has 0 radical (unpaired) electrons. The number of hydrogen-bond acceptors (Lipinski definition) is 5. The van der Waals surface area contributed by atoms with Crippen LogP contribution in [0.5, 0.6) is 0 Å². The van der Waals surface area contributed by atoms with E-state index in [0.29, 0.717) is 0 Å². The summed E-state index contributed by atoms with van der Waals surface area (Å²) in [6.07, 6.45) is 3.00. The highest BCUT2D eigenvalue weighted by atomic mass is 32.2. The van der Waals surface area contributed by atoms with Gasteiger partial charge in [-0.25, -0.2) is 8.78 Å². The van der Waals surface area contributed by atoms with E-state index in [9.17, 15) is 8.78 Å². The van der Waals surface area contributed by atoms with E-state index in [1.54, 1.807) is 23.3 Å². The largest absolute Gasteiger partial charge is 0.360 e. The predicted octanol–water partition coefficient (Wildman–Crippen LogP) is 7.47. The summed E-state index contributed by atoms with van der Waals surface area (Å²) in [5.41, 5.74) is 1.31. The summed E-state index contributed by atoms with van der Waals surface area (Å²) in [5.74, 6) is 1.21. The third-order valence-electron chi connectivity index (χ3n) is 2.93. The van der Waals surface area contributed by atoms with Crippen LogP contribution < -0.4 is 4.31 Å². The molecule has 0 spiro atoms. The zero-order valence-electron chi connectivity index (χ0n) is 16.5. The monoisotopic (exact) mass is 402 g/mol. The molecule has 0 aliphatic rings. The van der Waals surface area contributed by atoms with Crippen molar-refractivity contribution in [3.8, 4) is 0 Å². The second-order valence-corrected chi connectivity index (χ2v) is 7.43. The lowest BCUT2D eigenvalue weighted by molar-refractivity contribution is 0.399. The molecule has 7 heteroatoms. The molecule has 0 amide bonds. The molecule has 0 atom stereocenters. The van der Waals surface area contributed by atoms with Gasteiger partial charge in [-0.1, -0.05) is 25.1 Å². The summed E-state index contributed by atoms with van der Waals surface area (Å²) in [4.78, 5) is 1.31. The lowest BCUT2D eigenvalue weighted by Gasteiger charge is -2.11. The number of hydrogen-bond donors (Lipinski definition) is 0. The van der Waals surface area contributed by atoms with Crippen LogP contribution in [0.3, 0.4) is 0 Å². The number of halogens is 2. The lowest BCUT2D eigenvalue weighted by atomic mass is 10.2. The molecule has 2 aromatic rings. The number of anilines is 1. The minimum Gasteiger partial charge on any atom is -0.360 e. The van der Waals surface area contributed by atoms with Gasteiger partial charge in [0.25, 0.3) is 0 Å². The van der Waals surface area contributed by atoms with E-state index in [-0.39, 0.29) is 0 Å². The normalized spacial score (nSPS) is 11.3. The van der Waals surface area contributed by atoms with Crippen LogP contribution in [-0.2, 0) is 0 Å². The molecule has 2 rings (SSSR count). The van der Waals surface area contributed by atoms with Crippen LogP contribution in [-0.4, -0.2) is 18.9 Å². The minimum atomic E-state index is -0.706. The zero-order chi connectivity index (χ0) is 20.1. The SMILES string of the molecule is C/C(F)=C\CF.C/C=C(\C)c1ccc(SN(C)c2cc(C)on2)s1.CC. The standard InChI is InChI=1S/C13H16N2OS2.C4H6F2.C2H6/c1-5-9(2)11-6-7-13(17-11)18-15(4)12-8-10(3)16-14-12;1-4(6)2-3-5;1-2/h5-8H,1-4H3;2H,3H2,1H3;1-2H3/b9-5+;4-2+;. The van der Waals surface area contributed by atoms with Crippen molar-refractivity contribution in [1.82, 2.24) is 5.16 Å². The van der Waals surface area contributed by atoms with Gasteiger partial charge >= 0.3 is 0 Å². The quantitative estimate of drug-likeness (QED) is 0.485. The molecule has 0 N–H and O–H groups in total. The first-order valence-corrected chi connectivity index (χ1v) is 9.92. The second-order valence-electron chi connectivity index (χ2n) is 4.92. The van der Waals surface area contributed by atoms with Crippen LogP contribution in [0.25, 0.3) is 5.57 Å². The van der Waals surface area contributed by atoms with E-state index < -0.39 is 12.5 Å². The predicted molar refractivity (Wildman–Crippen MR) is 111 cm³/mol. The first-order valence-electron chi connectivity index (χ1n) is 8.33. The Kier molecular flexibility index (Phi) is 12.7. The van der Waals surface area contributed by atoms with Crippen LogP contribution in [0.1, 0.15) is 45.3 Å². The van der Waals surface area contributed by atoms with Crippen molar-refractivity contribution in [1.29, 1.82) is 0 Å². The Balaban J connectivity index is 0.000000667. The molecule has 0 aromatic carbocycles. The van der Waals surface area contributed by atoms with Gasteiger partial charge in [-0.3, -0.25) is 4.31 Å². The molecule has 2 heterocycles. The molecule has 146 valence electrons. The Morgan fingerprint density at radius 3 is 2.42 bits per heavy atom. The van der Waals surface area contributed by atoms with Crippen LogP contribution >= 0.6 is 23.3 Å². The summed E-state index contributed by atoms with van der Waals surface area (Å²) in [7, 11) is 1.99. The van der Waals surface area contributed by atoms with E-state index in [0.717, 1.165) is 17.7 Å². The van der Waals surface area contributed by atoms with Crippen LogP contribution in [0.15, 0.2) is 44.9 Å². The first-order chi connectivity index (χ1) is 12.4. The average molecular weight is 403 g/mol. The van der Waals surface area contributed by atoms with Crippen molar-refractivity contribution in [3.05, 3.63) is 46.8 Å². The van der Waals surface area contributed by atoms with Gasteiger partial charge in [0.05, 0.1) is 10.0 Å². The number of thiophene rings is 1. The highest BCUT2D eigenvalue weighted by molar-refractivity contribution is 8.02. The summed E-state index contributed by atoms with van der Waals surface area (Å²) in [6, 6.07) is 6.23. The van der Waals surface area contributed by atoms with E-state index in [4.69, 9.17) is 4.52 Å². The van der Waals surface area contributed by atoms with Gasteiger partial charge in [0, 0.05) is 18.0 Å². The molecule has 0 unspecified atom stereocenters. The topological polar surface area (TPSA) is 29.3 Å². The number of allylic oxidation sites excluding steroid dienone is 4. The minimum absolute atomic E-state index is 0.461. The Labute approximate surface area is 163 Å². The van der Waals surface area contributed by atoms with Crippen molar-refractivity contribution in [2.45, 2.75) is 45.8 Å². The Bertz CT molecular complexity index is 689. The summed E-state index contributed by atoms with van der Waals surface area (Å²) in [5, 5.41) is 3.99. The maximum Gasteiger partial charge on any atom is 0.182 e. The number of alkyl halides is 1. The van der Waals surface area contributed by atoms with Gasteiger partial charge in [0.15, 0.2) is 5.82 Å². The Morgan fingerprint density at radius 1 is 1.35 bits per heavy atom. The lowest BCUT2D eigenvalue weighted by Crippen LogP contribution is -2.05. The highest BCUT2D eigenvalue weighted by Crippen LogP contribution is 2.34. The van der Waals surface area contributed by atoms with Gasteiger partial charge in [0.1, 0.15) is 12.4 Å². The third-order valence-corrected chi connectivity index (χ3v) is 5.19. The van der Waals surface area contributed by atoms with Crippen LogP contribution in [0.2, 0.25) is 0 Å². The van der Waals surface area contributed by atoms with Crippen molar-refractivity contribution in [3.63, 3.8) is 0 Å². The Hall–Kier alpha value is -1.60. The van der Waals surface area contributed by atoms with Gasteiger partial charge < -0.3 is 4.52 Å². The summed E-state index contributed by atoms with van der Waals surface area (Å²) < 4.78 is 30.6. The van der Waals surface area contributed by atoms with Crippen LogP contribution in [0.4, 0.5) is 14.6 Å². The van der Waals surface area contributed by atoms with Crippen LogP contribution in [0, 0.1) is 6.92 Å². The van der Waals surface area contributed by atoms with Crippen molar-refractivity contribution in [2.75, 3.05) is 18.0 Å². The molecule has 0 fully saturated rings. The van der Waals surface area contributed by atoms with E-state index >= 15 is 0 Å². The van der Waals surface area contributed by atoms with Crippen molar-refractivity contribution >= 4 is 34.7 Å². The molecule has 0 saturated heterocycles. The van der Waals surface area contributed by atoms with Crippen molar-refractivity contribution < 1.29 is 13.3 Å².